The van der Waals surface area contributed by atoms with Gasteiger partial charge in [-0.15, -0.1) is 10.2 Å². The zero-order chi connectivity index (χ0) is 23.0. The van der Waals surface area contributed by atoms with Gasteiger partial charge in [-0.05, 0) is 48.5 Å². The van der Waals surface area contributed by atoms with E-state index in [-0.39, 0.29) is 30.5 Å². The van der Waals surface area contributed by atoms with Crippen LogP contribution in [0.1, 0.15) is 0 Å². The van der Waals surface area contributed by atoms with Gasteiger partial charge in [-0.3, -0.25) is 0 Å². The monoisotopic (exact) mass is 472 g/mol. The van der Waals surface area contributed by atoms with Crippen LogP contribution in [0.5, 0.6) is 17.2 Å². The molecule has 0 saturated carbocycles. The first-order valence-electron chi connectivity index (χ1n) is 10.3. The fourth-order valence-corrected chi connectivity index (χ4v) is 5.25. The Morgan fingerprint density at radius 1 is 0.939 bits per heavy atom. The first-order chi connectivity index (χ1) is 16.0. The molecule has 0 spiro atoms. The van der Waals surface area contributed by atoms with Gasteiger partial charge in [0.25, 0.3) is 0 Å². The molecule has 0 bridgehead atoms. The maximum absolute atomic E-state index is 14.0. The molecule has 5 rings (SSSR count). The fraction of sp³-hybridized carbons (Fsp3) is 0.273. The highest BCUT2D eigenvalue weighted by molar-refractivity contribution is 7.89. The number of aromatic nitrogens is 2. The van der Waals surface area contributed by atoms with Crippen LogP contribution >= 0.6 is 0 Å². The molecule has 0 unspecified atom stereocenters. The van der Waals surface area contributed by atoms with Gasteiger partial charge in [-0.1, -0.05) is 0 Å². The van der Waals surface area contributed by atoms with Crippen LogP contribution in [0.2, 0.25) is 0 Å². The number of hydrogen-bond donors (Lipinski definition) is 0. The number of fused-ring (bicyclic) bond motifs is 1. The second-order valence-electron chi connectivity index (χ2n) is 7.53. The first kappa shape index (κ1) is 21.4. The van der Waals surface area contributed by atoms with Gasteiger partial charge in [-0.2, -0.15) is 4.31 Å². The number of benzene rings is 2. The number of sulfonamides is 1. The molecule has 9 nitrogen and oxygen atoms in total. The molecule has 2 aliphatic heterocycles. The minimum atomic E-state index is -3.81. The van der Waals surface area contributed by atoms with Crippen LogP contribution in [0.4, 0.5) is 10.2 Å². The molecular formula is C22H21FN4O5S. The second-order valence-corrected chi connectivity index (χ2v) is 9.47. The molecule has 11 heteroatoms. The van der Waals surface area contributed by atoms with Crippen molar-refractivity contribution in [3.63, 3.8) is 0 Å². The lowest BCUT2D eigenvalue weighted by Gasteiger charge is -2.34. The summed E-state index contributed by atoms with van der Waals surface area (Å²) in [5.41, 5.74) is 1.56. The molecule has 1 saturated heterocycles. The van der Waals surface area contributed by atoms with Crippen molar-refractivity contribution in [1.29, 1.82) is 0 Å². The van der Waals surface area contributed by atoms with Gasteiger partial charge in [0.05, 0.1) is 17.7 Å². The third-order valence-corrected chi connectivity index (χ3v) is 7.54. The van der Waals surface area contributed by atoms with Gasteiger partial charge in [0, 0.05) is 31.7 Å². The zero-order valence-corrected chi connectivity index (χ0v) is 18.6. The quantitative estimate of drug-likeness (QED) is 0.559. The standard InChI is InChI=1S/C22H21FN4O5S/c1-30-19-6-3-16(13-17(19)23)33(28,29)27-10-8-26(9-11-27)22-7-4-18(24-25-22)15-2-5-20-21(12-15)32-14-31-20/h2-7,12-13H,8-11,14H2,1H3. The summed E-state index contributed by atoms with van der Waals surface area (Å²) in [7, 11) is -2.48. The molecule has 1 aromatic heterocycles. The van der Waals surface area contributed by atoms with Crippen molar-refractivity contribution in [2.45, 2.75) is 4.90 Å². The normalized spacial score (nSPS) is 16.1. The highest BCUT2D eigenvalue weighted by Crippen LogP contribution is 2.35. The fourth-order valence-electron chi connectivity index (χ4n) is 3.82. The predicted octanol–water partition coefficient (Wildman–Crippen LogP) is 2.53. The number of hydrogen-bond acceptors (Lipinski definition) is 8. The number of anilines is 1. The zero-order valence-electron chi connectivity index (χ0n) is 17.8. The van der Waals surface area contributed by atoms with Crippen molar-refractivity contribution < 1.29 is 27.0 Å². The van der Waals surface area contributed by atoms with Crippen molar-refractivity contribution in [2.75, 3.05) is 45.0 Å². The molecule has 2 aliphatic rings. The predicted molar refractivity (Wildman–Crippen MR) is 118 cm³/mol. The minimum absolute atomic E-state index is 0.00142. The Balaban J connectivity index is 1.26. The van der Waals surface area contributed by atoms with Gasteiger partial charge >= 0.3 is 0 Å². The summed E-state index contributed by atoms with van der Waals surface area (Å²) in [5.74, 6) is 1.32. The van der Waals surface area contributed by atoms with E-state index in [9.17, 15) is 12.8 Å². The average molecular weight is 472 g/mol. The van der Waals surface area contributed by atoms with E-state index in [1.54, 1.807) is 0 Å². The number of nitrogens with zero attached hydrogens (tertiary/aromatic N) is 4. The van der Waals surface area contributed by atoms with Crippen molar-refractivity contribution in [3.8, 4) is 28.5 Å². The van der Waals surface area contributed by atoms with Gasteiger partial charge in [0.1, 0.15) is 0 Å². The Labute approximate surface area is 190 Å². The molecule has 0 aliphatic carbocycles. The highest BCUT2D eigenvalue weighted by atomic mass is 32.2. The topological polar surface area (TPSA) is 94.1 Å². The number of ether oxygens (including phenoxy) is 3. The van der Waals surface area contributed by atoms with Crippen LogP contribution in [-0.2, 0) is 10.0 Å². The molecule has 3 heterocycles. The SMILES string of the molecule is COc1ccc(S(=O)(=O)N2CCN(c3ccc(-c4ccc5c(c4)OCO5)nn3)CC2)cc1F. The summed E-state index contributed by atoms with van der Waals surface area (Å²) in [6.45, 7) is 1.59. The van der Waals surface area contributed by atoms with Crippen molar-refractivity contribution >= 4 is 15.8 Å². The molecular weight excluding hydrogens is 451 g/mol. The molecule has 0 atom stereocenters. The van der Waals surface area contributed by atoms with E-state index in [2.05, 4.69) is 10.2 Å². The van der Waals surface area contributed by atoms with Crippen LogP contribution in [-0.4, -0.2) is 63.0 Å². The molecule has 1 fully saturated rings. The summed E-state index contributed by atoms with van der Waals surface area (Å²) in [5, 5.41) is 8.64. The molecule has 2 aromatic carbocycles. The van der Waals surface area contributed by atoms with E-state index in [1.165, 1.54) is 23.5 Å². The third kappa shape index (κ3) is 4.05. The number of rotatable bonds is 5. The number of methoxy groups -OCH3 is 1. The van der Waals surface area contributed by atoms with Gasteiger partial charge in [0.15, 0.2) is 28.9 Å². The van der Waals surface area contributed by atoms with E-state index in [0.29, 0.717) is 36.1 Å². The summed E-state index contributed by atoms with van der Waals surface area (Å²) < 4.78 is 56.8. The van der Waals surface area contributed by atoms with Crippen molar-refractivity contribution in [3.05, 3.63) is 54.3 Å². The summed E-state index contributed by atoms with van der Waals surface area (Å²) in [6.07, 6.45) is 0. The Morgan fingerprint density at radius 3 is 2.42 bits per heavy atom. The number of piperazine rings is 1. The maximum Gasteiger partial charge on any atom is 0.243 e. The lowest BCUT2D eigenvalue weighted by atomic mass is 10.1. The molecule has 172 valence electrons. The molecule has 3 aromatic rings. The molecule has 33 heavy (non-hydrogen) atoms. The van der Waals surface area contributed by atoms with Crippen LogP contribution < -0.4 is 19.1 Å². The van der Waals surface area contributed by atoms with E-state index < -0.39 is 15.8 Å². The Bertz CT molecular complexity index is 1280. The molecule has 0 amide bonds. The highest BCUT2D eigenvalue weighted by Gasteiger charge is 2.30. The van der Waals surface area contributed by atoms with Crippen LogP contribution in [0, 0.1) is 5.82 Å². The van der Waals surface area contributed by atoms with Crippen molar-refractivity contribution in [1.82, 2.24) is 14.5 Å². The van der Waals surface area contributed by atoms with E-state index in [1.807, 2.05) is 35.2 Å². The van der Waals surface area contributed by atoms with E-state index in [0.717, 1.165) is 11.6 Å². The first-order valence-corrected chi connectivity index (χ1v) is 11.7. The lowest BCUT2D eigenvalue weighted by molar-refractivity contribution is 0.174. The van der Waals surface area contributed by atoms with Crippen LogP contribution in [0.15, 0.2) is 53.4 Å². The third-order valence-electron chi connectivity index (χ3n) is 5.64. The molecule has 0 radical (unpaired) electrons. The number of halogens is 1. The van der Waals surface area contributed by atoms with Crippen LogP contribution in [0.25, 0.3) is 11.3 Å². The van der Waals surface area contributed by atoms with Crippen LogP contribution in [0.3, 0.4) is 0 Å². The average Bonchev–Trinajstić information content (AvgIpc) is 3.32. The summed E-state index contributed by atoms with van der Waals surface area (Å²) >= 11 is 0. The Morgan fingerprint density at radius 2 is 1.73 bits per heavy atom. The Hall–Kier alpha value is -3.44. The summed E-state index contributed by atoms with van der Waals surface area (Å²) in [6, 6.07) is 13.0. The lowest BCUT2D eigenvalue weighted by Crippen LogP contribution is -2.49. The molecule has 0 N–H and O–H groups in total. The van der Waals surface area contributed by atoms with Gasteiger partial charge in [0.2, 0.25) is 16.8 Å². The Kier molecular flexibility index (Phi) is 5.51. The maximum atomic E-state index is 14.0. The summed E-state index contributed by atoms with van der Waals surface area (Å²) in [4.78, 5) is 1.87. The van der Waals surface area contributed by atoms with Crippen molar-refractivity contribution in [2.24, 2.45) is 0 Å². The largest absolute Gasteiger partial charge is 0.494 e. The van der Waals surface area contributed by atoms with E-state index in [4.69, 9.17) is 14.2 Å². The minimum Gasteiger partial charge on any atom is -0.494 e. The second kappa shape index (κ2) is 8.49. The van der Waals surface area contributed by atoms with Gasteiger partial charge in [-0.25, -0.2) is 12.8 Å². The smallest absolute Gasteiger partial charge is 0.243 e. The van der Waals surface area contributed by atoms with E-state index >= 15 is 0 Å². The van der Waals surface area contributed by atoms with Gasteiger partial charge < -0.3 is 19.1 Å².